The molecule has 1 unspecified atom stereocenters. The molecule has 0 spiro atoms. The number of amides is 2. The van der Waals surface area contributed by atoms with Gasteiger partial charge in [0, 0.05) is 11.8 Å². The molecule has 0 saturated carbocycles. The number of anilines is 1. The van der Waals surface area contributed by atoms with Gasteiger partial charge in [-0.2, -0.15) is 0 Å². The topological polar surface area (TPSA) is 71.1 Å². The molecule has 2 rings (SSSR count). The summed E-state index contributed by atoms with van der Waals surface area (Å²) in [6.07, 6.45) is 1.64. The maximum Gasteiger partial charge on any atom is 0.251 e. The van der Waals surface area contributed by atoms with E-state index in [0.29, 0.717) is 11.4 Å². The second-order valence-electron chi connectivity index (χ2n) is 6.27. The molecule has 0 aliphatic heterocycles. The lowest BCUT2D eigenvalue weighted by molar-refractivity contribution is -0.118. The number of hydrogen-bond donors (Lipinski definition) is 2. The molecule has 5 heteroatoms. The van der Waals surface area contributed by atoms with Crippen molar-refractivity contribution in [2.24, 2.45) is 5.92 Å². The third-order valence-corrected chi connectivity index (χ3v) is 3.72. The molecule has 1 atom stereocenters. The van der Waals surface area contributed by atoms with Gasteiger partial charge < -0.3 is 10.6 Å². The maximum absolute atomic E-state index is 12.5. The van der Waals surface area contributed by atoms with Gasteiger partial charge >= 0.3 is 0 Å². The van der Waals surface area contributed by atoms with Gasteiger partial charge in [-0.3, -0.25) is 9.59 Å². The SMILES string of the molecule is Cc1ccc(C(=O)NC(C(=O)Nc2cc(C)ccn2)C(C)C)cc1. The van der Waals surface area contributed by atoms with Crippen LogP contribution < -0.4 is 10.6 Å². The normalized spacial score (nSPS) is 11.9. The molecule has 1 aromatic carbocycles. The molecule has 0 fully saturated rings. The van der Waals surface area contributed by atoms with Crippen LogP contribution in [0.1, 0.15) is 35.3 Å². The summed E-state index contributed by atoms with van der Waals surface area (Å²) in [5, 5.41) is 5.57. The van der Waals surface area contributed by atoms with Crippen molar-refractivity contribution in [2.75, 3.05) is 5.32 Å². The van der Waals surface area contributed by atoms with Crippen molar-refractivity contribution >= 4 is 17.6 Å². The number of aromatic nitrogens is 1. The van der Waals surface area contributed by atoms with Crippen molar-refractivity contribution in [3.05, 3.63) is 59.3 Å². The van der Waals surface area contributed by atoms with Crippen LogP contribution in [0.4, 0.5) is 5.82 Å². The van der Waals surface area contributed by atoms with E-state index in [1.807, 2.05) is 45.9 Å². The van der Waals surface area contributed by atoms with Crippen LogP contribution in [0.25, 0.3) is 0 Å². The van der Waals surface area contributed by atoms with Crippen LogP contribution in [-0.4, -0.2) is 22.8 Å². The highest BCUT2D eigenvalue weighted by Gasteiger charge is 2.25. The average Bonchev–Trinajstić information content (AvgIpc) is 2.52. The van der Waals surface area contributed by atoms with Gasteiger partial charge in [-0.1, -0.05) is 31.5 Å². The Hall–Kier alpha value is -2.69. The summed E-state index contributed by atoms with van der Waals surface area (Å²) in [6.45, 7) is 7.67. The van der Waals surface area contributed by atoms with Crippen molar-refractivity contribution in [1.82, 2.24) is 10.3 Å². The zero-order valence-electron chi connectivity index (χ0n) is 14.5. The first kappa shape index (κ1) is 17.7. The summed E-state index contributed by atoms with van der Waals surface area (Å²) in [6, 6.07) is 10.3. The fourth-order valence-electron chi connectivity index (χ4n) is 2.27. The van der Waals surface area contributed by atoms with E-state index in [0.717, 1.165) is 11.1 Å². The second kappa shape index (κ2) is 7.73. The molecule has 1 aromatic heterocycles. The van der Waals surface area contributed by atoms with E-state index in [4.69, 9.17) is 0 Å². The minimum absolute atomic E-state index is 0.0517. The van der Waals surface area contributed by atoms with Gasteiger partial charge in [0.1, 0.15) is 11.9 Å². The number of carbonyl (C=O) groups excluding carboxylic acids is 2. The number of nitrogens with zero attached hydrogens (tertiary/aromatic N) is 1. The number of carbonyl (C=O) groups is 2. The van der Waals surface area contributed by atoms with Gasteiger partial charge in [0.05, 0.1) is 0 Å². The van der Waals surface area contributed by atoms with Crippen molar-refractivity contribution < 1.29 is 9.59 Å². The third kappa shape index (κ3) is 4.65. The Morgan fingerprint density at radius 3 is 2.25 bits per heavy atom. The lowest BCUT2D eigenvalue weighted by Gasteiger charge is -2.21. The maximum atomic E-state index is 12.5. The molecular formula is C19H23N3O2. The summed E-state index contributed by atoms with van der Waals surface area (Å²) < 4.78 is 0. The number of aryl methyl sites for hydroxylation is 2. The van der Waals surface area contributed by atoms with Gasteiger partial charge in [-0.15, -0.1) is 0 Å². The van der Waals surface area contributed by atoms with E-state index < -0.39 is 6.04 Å². The molecule has 1 heterocycles. The molecule has 0 saturated heterocycles. The monoisotopic (exact) mass is 325 g/mol. The molecular weight excluding hydrogens is 302 g/mol. The Balaban J connectivity index is 2.09. The predicted octanol–water partition coefficient (Wildman–Crippen LogP) is 3.09. The molecule has 2 aromatic rings. The molecule has 2 amide bonds. The largest absolute Gasteiger partial charge is 0.340 e. The molecule has 0 aliphatic rings. The summed E-state index contributed by atoms with van der Waals surface area (Å²) in [5.74, 6) is -0.107. The first-order valence-corrected chi connectivity index (χ1v) is 7.98. The Labute approximate surface area is 142 Å². The molecule has 0 aliphatic carbocycles. The van der Waals surface area contributed by atoms with Crippen LogP contribution in [0, 0.1) is 19.8 Å². The van der Waals surface area contributed by atoms with Crippen LogP contribution in [0.2, 0.25) is 0 Å². The van der Waals surface area contributed by atoms with Gasteiger partial charge in [-0.05, 0) is 49.6 Å². The fraction of sp³-hybridized carbons (Fsp3) is 0.316. The molecule has 0 bridgehead atoms. The molecule has 126 valence electrons. The number of rotatable bonds is 5. The quantitative estimate of drug-likeness (QED) is 0.887. The average molecular weight is 325 g/mol. The Kier molecular flexibility index (Phi) is 5.68. The van der Waals surface area contributed by atoms with Gasteiger partial charge in [0.15, 0.2) is 0 Å². The lowest BCUT2D eigenvalue weighted by Crippen LogP contribution is -2.47. The Morgan fingerprint density at radius 2 is 1.67 bits per heavy atom. The van der Waals surface area contributed by atoms with Gasteiger partial charge in [0.25, 0.3) is 5.91 Å². The molecule has 5 nitrogen and oxygen atoms in total. The van der Waals surface area contributed by atoms with Crippen molar-refractivity contribution in [3.8, 4) is 0 Å². The van der Waals surface area contributed by atoms with Gasteiger partial charge in [-0.25, -0.2) is 4.98 Å². The minimum atomic E-state index is -0.638. The second-order valence-corrected chi connectivity index (χ2v) is 6.27. The minimum Gasteiger partial charge on any atom is -0.340 e. The first-order chi connectivity index (χ1) is 11.4. The Morgan fingerprint density at radius 1 is 1.00 bits per heavy atom. The van der Waals surface area contributed by atoms with E-state index in [1.165, 1.54) is 0 Å². The standard InChI is InChI=1S/C19H23N3O2/c1-12(2)17(19(24)21-16-11-14(4)9-10-20-16)22-18(23)15-7-5-13(3)6-8-15/h5-12,17H,1-4H3,(H,22,23)(H,20,21,24). The fourth-order valence-corrected chi connectivity index (χ4v) is 2.27. The number of benzene rings is 1. The summed E-state index contributed by atoms with van der Waals surface area (Å²) >= 11 is 0. The third-order valence-electron chi connectivity index (χ3n) is 3.72. The number of nitrogens with one attached hydrogen (secondary N) is 2. The van der Waals surface area contributed by atoms with Crippen molar-refractivity contribution in [1.29, 1.82) is 0 Å². The first-order valence-electron chi connectivity index (χ1n) is 7.98. The number of hydrogen-bond acceptors (Lipinski definition) is 3. The van der Waals surface area contributed by atoms with Crippen molar-refractivity contribution in [3.63, 3.8) is 0 Å². The highest BCUT2D eigenvalue weighted by Crippen LogP contribution is 2.10. The van der Waals surface area contributed by atoms with Crippen LogP contribution >= 0.6 is 0 Å². The van der Waals surface area contributed by atoms with Crippen molar-refractivity contribution in [2.45, 2.75) is 33.7 Å². The summed E-state index contributed by atoms with van der Waals surface area (Å²) in [5.41, 5.74) is 2.62. The zero-order valence-corrected chi connectivity index (χ0v) is 14.5. The van der Waals surface area contributed by atoms with Crippen LogP contribution in [-0.2, 0) is 4.79 Å². The van der Waals surface area contributed by atoms with E-state index in [2.05, 4.69) is 15.6 Å². The Bertz CT molecular complexity index is 724. The van der Waals surface area contributed by atoms with E-state index in [-0.39, 0.29) is 17.7 Å². The van der Waals surface area contributed by atoms with E-state index in [1.54, 1.807) is 24.4 Å². The van der Waals surface area contributed by atoms with Crippen LogP contribution in [0.15, 0.2) is 42.6 Å². The van der Waals surface area contributed by atoms with E-state index >= 15 is 0 Å². The predicted molar refractivity (Wildman–Crippen MR) is 94.9 cm³/mol. The van der Waals surface area contributed by atoms with Crippen LogP contribution in [0.3, 0.4) is 0 Å². The molecule has 2 N–H and O–H groups in total. The molecule has 24 heavy (non-hydrogen) atoms. The van der Waals surface area contributed by atoms with E-state index in [9.17, 15) is 9.59 Å². The molecule has 0 radical (unpaired) electrons. The zero-order chi connectivity index (χ0) is 17.7. The highest BCUT2D eigenvalue weighted by atomic mass is 16.2. The van der Waals surface area contributed by atoms with Gasteiger partial charge in [0.2, 0.25) is 5.91 Å². The smallest absolute Gasteiger partial charge is 0.251 e. The van der Waals surface area contributed by atoms with Crippen LogP contribution in [0.5, 0.6) is 0 Å². The lowest BCUT2D eigenvalue weighted by atomic mass is 10.0. The summed E-state index contributed by atoms with van der Waals surface area (Å²) in [7, 11) is 0. The summed E-state index contributed by atoms with van der Waals surface area (Å²) in [4.78, 5) is 29.0. The highest BCUT2D eigenvalue weighted by molar-refractivity contribution is 6.01. The number of pyridine rings is 1.